The number of aromatic nitrogens is 2. The molecule has 1 aromatic carbocycles. The van der Waals surface area contributed by atoms with Gasteiger partial charge in [0.05, 0.1) is 0 Å². The van der Waals surface area contributed by atoms with Crippen molar-refractivity contribution in [3.05, 3.63) is 46.6 Å². The summed E-state index contributed by atoms with van der Waals surface area (Å²) >= 11 is 1.20. The smallest absolute Gasteiger partial charge is 0.336 e. The fourth-order valence-corrected chi connectivity index (χ4v) is 2.26. The second kappa shape index (κ2) is 4.81. The molecule has 2 aromatic heterocycles. The molecule has 0 fully saturated rings. The topological polar surface area (TPSA) is 65.2 Å². The van der Waals surface area contributed by atoms with Gasteiger partial charge in [-0.05, 0) is 18.2 Å². The van der Waals surface area contributed by atoms with E-state index in [0.717, 1.165) is 17.6 Å². The molecular weight excluding hydrogens is 264 g/mol. The quantitative estimate of drug-likeness (QED) is 0.687. The maximum Gasteiger partial charge on any atom is 0.336 e. The lowest BCUT2D eigenvalue weighted by Crippen LogP contribution is -1.94. The number of nitrogens with zero attached hydrogens (tertiary/aromatic N) is 2. The molecule has 0 saturated heterocycles. The summed E-state index contributed by atoms with van der Waals surface area (Å²) in [5, 5.41) is 1.33. The number of aryl methyl sites for hydroxylation is 1. The van der Waals surface area contributed by atoms with Gasteiger partial charge in [0, 0.05) is 35.5 Å². The molecule has 3 rings (SSSR count). The summed E-state index contributed by atoms with van der Waals surface area (Å²) < 4.78 is 14.8. The van der Waals surface area contributed by atoms with Gasteiger partial charge in [0.1, 0.15) is 17.2 Å². The van der Waals surface area contributed by atoms with Gasteiger partial charge in [-0.15, -0.1) is 0 Å². The summed E-state index contributed by atoms with van der Waals surface area (Å²) in [7, 11) is 0. The molecule has 0 saturated carbocycles. The van der Waals surface area contributed by atoms with Crippen LogP contribution in [0, 0.1) is 0 Å². The Kier molecular flexibility index (Phi) is 3.00. The minimum Gasteiger partial charge on any atom is -0.430 e. The third-order valence-corrected chi connectivity index (χ3v) is 3.20. The van der Waals surface area contributed by atoms with Crippen LogP contribution < -0.4 is 10.4 Å². The summed E-state index contributed by atoms with van der Waals surface area (Å²) in [4.78, 5) is 15.4. The molecule has 0 aliphatic carbocycles. The second-order valence-corrected chi connectivity index (χ2v) is 4.60. The fraction of sp³-hybridized carbons (Fsp3) is 0.154. The Balaban J connectivity index is 1.94. The molecule has 6 heteroatoms. The summed E-state index contributed by atoms with van der Waals surface area (Å²) in [6.07, 6.45) is 0.770. The number of hydrogen-bond acceptors (Lipinski definition) is 6. The van der Waals surface area contributed by atoms with Crippen LogP contribution >= 0.6 is 11.5 Å². The van der Waals surface area contributed by atoms with Crippen LogP contribution in [0.2, 0.25) is 0 Å². The number of fused-ring (bicyclic) bond motifs is 1. The van der Waals surface area contributed by atoms with Gasteiger partial charge in [-0.25, -0.2) is 4.79 Å². The minimum atomic E-state index is -0.381. The van der Waals surface area contributed by atoms with Crippen LogP contribution in [0.25, 0.3) is 11.0 Å². The maximum atomic E-state index is 11.2. The fourth-order valence-electron chi connectivity index (χ4n) is 1.63. The molecule has 5 nitrogen and oxygen atoms in total. The molecule has 0 unspecified atom stereocenters. The molecule has 0 aliphatic rings. The molecule has 0 aliphatic heterocycles. The number of hydrogen-bond donors (Lipinski definition) is 0. The number of rotatable bonds is 3. The van der Waals surface area contributed by atoms with Crippen LogP contribution in [-0.4, -0.2) is 9.36 Å². The Bertz CT molecular complexity index is 779. The number of ether oxygens (including phenoxy) is 1. The van der Waals surface area contributed by atoms with E-state index in [4.69, 9.17) is 9.15 Å². The van der Waals surface area contributed by atoms with Crippen LogP contribution in [0.4, 0.5) is 0 Å². The van der Waals surface area contributed by atoms with Crippen molar-refractivity contribution in [1.82, 2.24) is 9.36 Å². The maximum absolute atomic E-state index is 11.2. The van der Waals surface area contributed by atoms with Crippen molar-refractivity contribution >= 4 is 22.5 Å². The van der Waals surface area contributed by atoms with E-state index < -0.39 is 0 Å². The summed E-state index contributed by atoms with van der Waals surface area (Å²) in [6.45, 7) is 1.98. The van der Waals surface area contributed by atoms with Gasteiger partial charge in [0.25, 0.3) is 5.19 Å². The first kappa shape index (κ1) is 11.9. The van der Waals surface area contributed by atoms with Crippen molar-refractivity contribution in [2.75, 3.05) is 0 Å². The second-order valence-electron chi connectivity index (χ2n) is 3.89. The van der Waals surface area contributed by atoms with E-state index in [0.29, 0.717) is 16.5 Å². The van der Waals surface area contributed by atoms with Gasteiger partial charge in [-0.3, -0.25) is 0 Å². The Hall–Kier alpha value is -2.21. The van der Waals surface area contributed by atoms with Crippen LogP contribution in [0.3, 0.4) is 0 Å². The highest BCUT2D eigenvalue weighted by atomic mass is 32.1. The summed E-state index contributed by atoms with van der Waals surface area (Å²) in [5.74, 6) is 1.33. The highest BCUT2D eigenvalue weighted by Crippen LogP contribution is 2.26. The molecule has 19 heavy (non-hydrogen) atoms. The van der Waals surface area contributed by atoms with Gasteiger partial charge >= 0.3 is 5.63 Å². The molecule has 96 valence electrons. The van der Waals surface area contributed by atoms with Crippen molar-refractivity contribution in [1.29, 1.82) is 0 Å². The first-order chi connectivity index (χ1) is 9.24. The summed E-state index contributed by atoms with van der Waals surface area (Å²) in [6, 6.07) is 8.40. The molecular formula is C13H10N2O3S. The molecule has 3 aromatic rings. The minimum absolute atomic E-state index is 0.381. The van der Waals surface area contributed by atoms with Crippen LogP contribution in [0.1, 0.15) is 12.7 Å². The monoisotopic (exact) mass is 274 g/mol. The third kappa shape index (κ3) is 2.48. The Morgan fingerprint density at radius 3 is 2.95 bits per heavy atom. The number of benzene rings is 1. The van der Waals surface area contributed by atoms with Crippen LogP contribution in [0.15, 0.2) is 39.5 Å². The van der Waals surface area contributed by atoms with Gasteiger partial charge in [0.15, 0.2) is 0 Å². The van der Waals surface area contributed by atoms with Crippen LogP contribution in [0.5, 0.6) is 10.9 Å². The Morgan fingerprint density at radius 2 is 2.16 bits per heavy atom. The largest absolute Gasteiger partial charge is 0.430 e. The first-order valence-corrected chi connectivity index (χ1v) is 6.56. The first-order valence-electron chi connectivity index (χ1n) is 5.79. The predicted molar refractivity (Wildman–Crippen MR) is 71.8 cm³/mol. The van der Waals surface area contributed by atoms with E-state index in [9.17, 15) is 4.79 Å². The highest BCUT2D eigenvalue weighted by Gasteiger charge is 2.06. The van der Waals surface area contributed by atoms with E-state index in [1.807, 2.05) is 13.0 Å². The average molecular weight is 274 g/mol. The zero-order valence-corrected chi connectivity index (χ0v) is 10.9. The summed E-state index contributed by atoms with van der Waals surface area (Å²) in [5.41, 5.74) is 0.110. The van der Waals surface area contributed by atoms with Gasteiger partial charge < -0.3 is 9.15 Å². The lowest BCUT2D eigenvalue weighted by atomic mass is 10.2. The van der Waals surface area contributed by atoms with Crippen molar-refractivity contribution in [2.45, 2.75) is 13.3 Å². The van der Waals surface area contributed by atoms with Crippen molar-refractivity contribution in [3.63, 3.8) is 0 Å². The molecule has 0 atom stereocenters. The molecule has 0 N–H and O–H groups in total. The Morgan fingerprint density at radius 1 is 1.32 bits per heavy atom. The van der Waals surface area contributed by atoms with Gasteiger partial charge in [-0.2, -0.15) is 9.36 Å². The van der Waals surface area contributed by atoms with Crippen LogP contribution in [-0.2, 0) is 6.42 Å². The molecule has 0 amide bonds. The molecule has 0 bridgehead atoms. The van der Waals surface area contributed by atoms with Crippen molar-refractivity contribution in [2.24, 2.45) is 0 Å². The Labute approximate surface area is 112 Å². The lowest BCUT2D eigenvalue weighted by molar-refractivity contribution is 0.475. The highest BCUT2D eigenvalue weighted by molar-refractivity contribution is 7.07. The van der Waals surface area contributed by atoms with E-state index in [1.165, 1.54) is 17.6 Å². The van der Waals surface area contributed by atoms with E-state index in [-0.39, 0.29) is 5.63 Å². The SMILES string of the molecule is CCc1nsc(Oc2ccc3ccc(=O)oc3c2)n1. The molecule has 2 heterocycles. The zero-order valence-electron chi connectivity index (χ0n) is 10.1. The third-order valence-electron chi connectivity index (χ3n) is 2.57. The molecule has 0 radical (unpaired) electrons. The predicted octanol–water partition coefficient (Wildman–Crippen LogP) is 3.00. The van der Waals surface area contributed by atoms with Crippen molar-refractivity contribution < 1.29 is 9.15 Å². The van der Waals surface area contributed by atoms with Gasteiger partial charge in [0.2, 0.25) is 0 Å². The molecule has 0 spiro atoms. The van der Waals surface area contributed by atoms with E-state index in [1.54, 1.807) is 18.2 Å². The zero-order chi connectivity index (χ0) is 13.2. The van der Waals surface area contributed by atoms with Crippen molar-refractivity contribution in [3.8, 4) is 10.9 Å². The van der Waals surface area contributed by atoms with E-state index >= 15 is 0 Å². The normalized spacial score (nSPS) is 10.8. The van der Waals surface area contributed by atoms with E-state index in [2.05, 4.69) is 9.36 Å². The standard InChI is InChI=1S/C13H10N2O3S/c1-2-11-14-13(19-15-11)17-9-5-3-8-4-6-12(16)18-10(8)7-9/h3-7H,2H2,1H3. The average Bonchev–Trinajstić information content (AvgIpc) is 2.86. The lowest BCUT2D eigenvalue weighted by Gasteiger charge is -2.01. The van der Waals surface area contributed by atoms with Gasteiger partial charge in [-0.1, -0.05) is 6.92 Å².